The van der Waals surface area contributed by atoms with Crippen LogP contribution < -0.4 is 0 Å². The second-order valence-corrected chi connectivity index (χ2v) is 6.83. The molecule has 18 heavy (non-hydrogen) atoms. The van der Waals surface area contributed by atoms with Gasteiger partial charge in [-0.25, -0.2) is 0 Å². The largest absolute Gasteiger partial charge is 0.303 e. The molecule has 0 aromatic rings. The molecule has 0 N–H and O–H groups in total. The van der Waals surface area contributed by atoms with Crippen LogP contribution in [0.4, 0.5) is 0 Å². The van der Waals surface area contributed by atoms with Gasteiger partial charge in [0.25, 0.3) is 0 Å². The topological polar surface area (TPSA) is 6.48 Å². The Morgan fingerprint density at radius 3 is 2.78 bits per heavy atom. The van der Waals surface area contributed by atoms with Gasteiger partial charge < -0.3 is 4.90 Å². The number of fused-ring (bicyclic) bond motifs is 1. The monoisotopic (exact) mass is 248 g/mol. The van der Waals surface area contributed by atoms with E-state index in [1.807, 2.05) is 0 Å². The molecule has 102 valence electrons. The maximum Gasteiger partial charge on any atom is 0.0374 e. The third-order valence-corrected chi connectivity index (χ3v) is 5.88. The van der Waals surface area contributed by atoms with Crippen molar-refractivity contribution < 1.29 is 0 Å². The van der Waals surface area contributed by atoms with Gasteiger partial charge >= 0.3 is 0 Å². The summed E-state index contributed by atoms with van der Waals surface area (Å²) in [6.45, 7) is 15.9. The Morgan fingerprint density at radius 1 is 1.33 bits per heavy atom. The number of likely N-dealkylation sites (N-methyl/N-ethyl adjacent to an activating group) is 1. The van der Waals surface area contributed by atoms with Crippen LogP contribution in [-0.4, -0.2) is 48.6 Å². The predicted molar refractivity (Wildman–Crippen MR) is 76.6 cm³/mol. The molecule has 4 atom stereocenters. The third-order valence-electron chi connectivity index (χ3n) is 5.88. The highest BCUT2D eigenvalue weighted by molar-refractivity contribution is 5.27. The summed E-state index contributed by atoms with van der Waals surface area (Å²) < 4.78 is 0. The first-order valence-electron chi connectivity index (χ1n) is 7.74. The molecule has 2 bridgehead atoms. The number of nitrogens with zero attached hydrogens (tertiary/aromatic N) is 2. The van der Waals surface area contributed by atoms with E-state index in [1.165, 1.54) is 39.1 Å². The van der Waals surface area contributed by atoms with Crippen molar-refractivity contribution in [1.82, 2.24) is 9.80 Å². The lowest BCUT2D eigenvalue weighted by Crippen LogP contribution is -2.67. The molecule has 3 heterocycles. The zero-order chi connectivity index (χ0) is 12.9. The molecule has 0 saturated carbocycles. The Kier molecular flexibility index (Phi) is 3.06. The summed E-state index contributed by atoms with van der Waals surface area (Å²) in [5, 5.41) is 0. The average molecular weight is 248 g/mol. The Balaban J connectivity index is 1.96. The summed E-state index contributed by atoms with van der Waals surface area (Å²) in [4.78, 5) is 5.40. The van der Waals surface area contributed by atoms with E-state index in [-0.39, 0.29) is 0 Å². The maximum atomic E-state index is 2.73. The van der Waals surface area contributed by atoms with E-state index in [2.05, 4.69) is 43.6 Å². The number of piperidine rings is 2. The minimum absolute atomic E-state index is 0.492. The molecule has 0 radical (unpaired) electrons. The number of likely N-dealkylation sites (tertiary alicyclic amines) is 1. The van der Waals surface area contributed by atoms with Crippen molar-refractivity contribution in [2.75, 3.05) is 32.7 Å². The summed E-state index contributed by atoms with van der Waals surface area (Å²) in [6, 6.07) is 0.701. The number of rotatable bonds is 2. The minimum Gasteiger partial charge on any atom is -0.303 e. The van der Waals surface area contributed by atoms with E-state index in [0.29, 0.717) is 11.5 Å². The predicted octanol–water partition coefficient (Wildman–Crippen LogP) is 2.61. The van der Waals surface area contributed by atoms with Crippen LogP contribution in [0.3, 0.4) is 0 Å². The fourth-order valence-electron chi connectivity index (χ4n) is 5.23. The lowest BCUT2D eigenvalue weighted by molar-refractivity contribution is -0.0904. The van der Waals surface area contributed by atoms with Gasteiger partial charge in [0.1, 0.15) is 0 Å². The van der Waals surface area contributed by atoms with E-state index in [9.17, 15) is 0 Å². The maximum absolute atomic E-state index is 2.73. The van der Waals surface area contributed by atoms with Gasteiger partial charge in [-0.05, 0) is 44.8 Å². The Hall–Kier alpha value is -0.340. The van der Waals surface area contributed by atoms with Crippen LogP contribution in [0.25, 0.3) is 0 Å². The number of hydrogen-bond donors (Lipinski definition) is 0. The third kappa shape index (κ3) is 1.61. The van der Waals surface area contributed by atoms with Crippen LogP contribution in [0.5, 0.6) is 0 Å². The molecule has 1 aliphatic carbocycles. The van der Waals surface area contributed by atoms with Crippen molar-refractivity contribution in [3.8, 4) is 0 Å². The van der Waals surface area contributed by atoms with Crippen LogP contribution >= 0.6 is 0 Å². The lowest BCUT2D eigenvalue weighted by atomic mass is 9.55. The van der Waals surface area contributed by atoms with Crippen molar-refractivity contribution in [3.63, 3.8) is 0 Å². The Labute approximate surface area is 112 Å². The second-order valence-electron chi connectivity index (χ2n) is 6.83. The lowest BCUT2D eigenvalue weighted by Gasteiger charge is -2.62. The first-order valence-corrected chi connectivity index (χ1v) is 7.74. The van der Waals surface area contributed by atoms with Gasteiger partial charge in [-0.3, -0.25) is 4.90 Å². The molecule has 4 rings (SSSR count). The fourth-order valence-corrected chi connectivity index (χ4v) is 5.23. The normalized spacial score (nSPS) is 44.9. The van der Waals surface area contributed by atoms with Crippen LogP contribution in [0.2, 0.25) is 0 Å². The highest BCUT2D eigenvalue weighted by atomic mass is 15.2. The quantitative estimate of drug-likeness (QED) is 0.693. The second kappa shape index (κ2) is 4.35. The van der Waals surface area contributed by atoms with E-state index < -0.39 is 0 Å². The molecule has 0 aromatic heterocycles. The molecule has 4 aliphatic rings. The SMILES string of the molecule is CCN1CC[C@H]2[C@H]3C=C(C)[C@H](N(CC)C3)[C@@]2(C)C1. The highest BCUT2D eigenvalue weighted by Crippen LogP contribution is 2.53. The summed E-state index contributed by atoms with van der Waals surface area (Å²) >= 11 is 0. The standard InChI is InChI=1S/C16H28N2/c1-5-17-8-7-14-13-9-12(3)15(16(14,4)11-17)18(6-2)10-13/h9,13-15H,5-8,10-11H2,1-4H3/t13-,14-,15-,16-/m0/s1. The highest BCUT2D eigenvalue weighted by Gasteiger charge is 2.55. The minimum atomic E-state index is 0.492. The van der Waals surface area contributed by atoms with Crippen molar-refractivity contribution in [1.29, 1.82) is 0 Å². The van der Waals surface area contributed by atoms with E-state index in [1.54, 1.807) is 5.57 Å². The Morgan fingerprint density at radius 2 is 2.11 bits per heavy atom. The molecule has 0 aromatic carbocycles. The van der Waals surface area contributed by atoms with Crippen molar-refractivity contribution in [3.05, 3.63) is 11.6 Å². The molecule has 2 nitrogen and oxygen atoms in total. The number of hydrogen-bond acceptors (Lipinski definition) is 2. The fraction of sp³-hybridized carbons (Fsp3) is 0.875. The van der Waals surface area contributed by atoms with E-state index in [4.69, 9.17) is 0 Å². The molecule has 0 spiro atoms. The molecular weight excluding hydrogens is 220 g/mol. The average Bonchev–Trinajstić information content (AvgIpc) is 2.36. The van der Waals surface area contributed by atoms with Crippen LogP contribution in [0.1, 0.15) is 34.1 Å². The zero-order valence-electron chi connectivity index (χ0n) is 12.4. The van der Waals surface area contributed by atoms with Crippen molar-refractivity contribution in [2.45, 2.75) is 40.2 Å². The molecule has 0 amide bonds. The Bertz CT molecular complexity index is 362. The molecule has 0 unspecified atom stereocenters. The molecule has 3 aliphatic heterocycles. The van der Waals surface area contributed by atoms with Gasteiger partial charge in [0.05, 0.1) is 0 Å². The first-order chi connectivity index (χ1) is 8.60. The van der Waals surface area contributed by atoms with Gasteiger partial charge in [-0.2, -0.15) is 0 Å². The van der Waals surface area contributed by atoms with Gasteiger partial charge in [-0.15, -0.1) is 0 Å². The van der Waals surface area contributed by atoms with E-state index in [0.717, 1.165) is 11.8 Å². The molecule has 2 heteroatoms. The summed E-state index contributed by atoms with van der Waals surface area (Å²) in [6.07, 6.45) is 4.01. The van der Waals surface area contributed by atoms with Gasteiger partial charge in [-0.1, -0.05) is 32.4 Å². The van der Waals surface area contributed by atoms with Crippen LogP contribution in [-0.2, 0) is 0 Å². The van der Waals surface area contributed by atoms with Crippen LogP contribution in [0, 0.1) is 17.3 Å². The summed E-state index contributed by atoms with van der Waals surface area (Å²) in [5.74, 6) is 1.75. The van der Waals surface area contributed by atoms with Gasteiger partial charge in [0, 0.05) is 24.5 Å². The first kappa shape index (κ1) is 12.7. The molecular formula is C16H28N2. The van der Waals surface area contributed by atoms with Crippen LogP contribution in [0.15, 0.2) is 11.6 Å². The van der Waals surface area contributed by atoms with Gasteiger partial charge in [0.15, 0.2) is 0 Å². The van der Waals surface area contributed by atoms with Crippen molar-refractivity contribution in [2.24, 2.45) is 17.3 Å². The van der Waals surface area contributed by atoms with Crippen molar-refractivity contribution >= 4 is 0 Å². The smallest absolute Gasteiger partial charge is 0.0374 e. The van der Waals surface area contributed by atoms with Gasteiger partial charge in [0.2, 0.25) is 0 Å². The zero-order valence-corrected chi connectivity index (χ0v) is 12.4. The molecule has 2 saturated heterocycles. The summed E-state index contributed by atoms with van der Waals surface area (Å²) in [7, 11) is 0. The molecule has 2 fully saturated rings. The van der Waals surface area contributed by atoms with E-state index >= 15 is 0 Å². The summed E-state index contributed by atoms with van der Waals surface area (Å²) in [5.41, 5.74) is 2.14.